The number of carbonyl (C=O) groups is 2. The molecular weight excluding hydrogens is 771 g/mol. The van der Waals surface area contributed by atoms with Crippen LogP contribution in [0.5, 0.6) is 5.75 Å². The summed E-state index contributed by atoms with van der Waals surface area (Å²) < 4.78 is 21.3. The topological polar surface area (TPSA) is 131 Å². The number of anilines is 1. The first-order valence-electron chi connectivity index (χ1n) is 21.8. The Bertz CT molecular complexity index is 2660. The van der Waals surface area contributed by atoms with Crippen LogP contribution in [-0.4, -0.2) is 82.1 Å². The molecule has 0 amide bonds. The zero-order chi connectivity index (χ0) is 42.4. The van der Waals surface area contributed by atoms with E-state index in [1.165, 1.54) is 24.3 Å². The van der Waals surface area contributed by atoms with Gasteiger partial charge in [0.2, 0.25) is 0 Å². The van der Waals surface area contributed by atoms with Crippen molar-refractivity contribution >= 4 is 50.6 Å². The van der Waals surface area contributed by atoms with Gasteiger partial charge in [-0.15, -0.1) is 0 Å². The number of benzene rings is 3. The molecule has 2 saturated heterocycles. The van der Waals surface area contributed by atoms with Crippen molar-refractivity contribution in [3.05, 3.63) is 107 Å². The maximum Gasteiger partial charge on any atom is 0.339 e. The number of hydrogen-bond donors (Lipinski definition) is 3. The molecule has 5 aromatic rings. The van der Waals surface area contributed by atoms with E-state index in [0.717, 1.165) is 99.8 Å². The van der Waals surface area contributed by atoms with Gasteiger partial charge in [-0.25, -0.2) is 9.59 Å². The van der Waals surface area contributed by atoms with Crippen molar-refractivity contribution in [3.8, 4) is 5.75 Å². The van der Waals surface area contributed by atoms with E-state index in [9.17, 15) is 20.0 Å². The molecule has 3 N–H and O–H groups in total. The van der Waals surface area contributed by atoms with E-state index in [1.54, 1.807) is 7.11 Å². The van der Waals surface area contributed by atoms with Crippen LogP contribution in [0.25, 0.3) is 33.0 Å². The van der Waals surface area contributed by atoms with Crippen LogP contribution in [0.3, 0.4) is 0 Å². The highest BCUT2D eigenvalue weighted by Gasteiger charge is 2.52. The summed E-state index contributed by atoms with van der Waals surface area (Å²) >= 11 is 0. The van der Waals surface area contributed by atoms with Crippen molar-refractivity contribution in [1.29, 1.82) is 0 Å². The summed E-state index contributed by atoms with van der Waals surface area (Å²) in [6.45, 7) is 5.31. The molecule has 5 aliphatic heterocycles. The Balaban J connectivity index is 1.23. The quantitative estimate of drug-likeness (QED) is 0.131. The van der Waals surface area contributed by atoms with E-state index in [1.807, 2.05) is 30.3 Å². The number of hydrogen-bond acceptors (Lipinski definition) is 10. The molecule has 0 radical (unpaired) electrons. The highest BCUT2D eigenvalue weighted by Crippen LogP contribution is 2.57. The molecule has 5 aliphatic rings. The van der Waals surface area contributed by atoms with Crippen LogP contribution in [0, 0.1) is 10.8 Å². The molecule has 10 rings (SSSR count). The number of piperidine rings is 2. The number of carbonyl (C=O) groups excluding carboxylic acids is 2. The number of aromatic nitrogens is 2. The summed E-state index contributed by atoms with van der Waals surface area (Å²) in [6, 6.07) is 22.4. The number of fused-ring (bicyclic) bond motifs is 11. The lowest BCUT2D eigenvalue weighted by atomic mass is 9.70. The van der Waals surface area contributed by atoms with Crippen LogP contribution in [0.4, 0.5) is 5.69 Å². The van der Waals surface area contributed by atoms with E-state index in [4.69, 9.17) is 14.2 Å². The second kappa shape index (κ2) is 14.9. The van der Waals surface area contributed by atoms with Crippen LogP contribution >= 0.6 is 0 Å². The number of esters is 2. The molecule has 6 atom stereocenters. The summed E-state index contributed by atoms with van der Waals surface area (Å²) in [5, 5.41) is 32.5. The van der Waals surface area contributed by atoms with Crippen LogP contribution in [0.2, 0.25) is 0 Å². The third-order valence-corrected chi connectivity index (χ3v) is 15.0. The minimum atomic E-state index is -0.499. The fourth-order valence-electron chi connectivity index (χ4n) is 12.2. The van der Waals surface area contributed by atoms with E-state index >= 15 is 0 Å². The molecule has 318 valence electrons. The number of nitrogens with one attached hydrogen (secondary N) is 1. The third-order valence-electron chi connectivity index (χ3n) is 15.0. The van der Waals surface area contributed by atoms with Crippen LogP contribution in [0.15, 0.2) is 78.9 Å². The van der Waals surface area contributed by atoms with Gasteiger partial charge < -0.3 is 39.1 Å². The predicted molar refractivity (Wildman–Crippen MR) is 233 cm³/mol. The van der Waals surface area contributed by atoms with E-state index < -0.39 is 35.1 Å². The van der Waals surface area contributed by atoms with Gasteiger partial charge in [0.25, 0.3) is 0 Å². The summed E-state index contributed by atoms with van der Waals surface area (Å²) in [5.74, 6) is -0.280. The Kier molecular flexibility index (Phi) is 9.70. The van der Waals surface area contributed by atoms with Crippen molar-refractivity contribution in [3.63, 3.8) is 0 Å². The Morgan fingerprint density at radius 3 is 1.90 bits per heavy atom. The second-order valence-electron chi connectivity index (χ2n) is 17.7. The Morgan fingerprint density at radius 1 is 0.754 bits per heavy atom. The second-order valence-corrected chi connectivity index (χ2v) is 17.7. The summed E-state index contributed by atoms with van der Waals surface area (Å²) in [4.78, 5) is 28.3. The molecule has 12 nitrogen and oxygen atoms in total. The zero-order valence-electron chi connectivity index (χ0n) is 35.6. The highest BCUT2D eigenvalue weighted by atomic mass is 16.5. The van der Waals surface area contributed by atoms with E-state index in [-0.39, 0.29) is 12.0 Å². The first-order valence-corrected chi connectivity index (χ1v) is 21.8. The van der Waals surface area contributed by atoms with E-state index in [0.29, 0.717) is 37.1 Å². The van der Waals surface area contributed by atoms with Crippen molar-refractivity contribution in [2.45, 2.75) is 89.5 Å². The molecule has 0 bridgehead atoms. The van der Waals surface area contributed by atoms with Crippen molar-refractivity contribution in [2.75, 3.05) is 39.7 Å². The van der Waals surface area contributed by atoms with Crippen LogP contribution < -0.4 is 10.1 Å². The highest BCUT2D eigenvalue weighted by molar-refractivity contribution is 6.19. The van der Waals surface area contributed by atoms with Gasteiger partial charge in [0, 0.05) is 52.3 Å². The van der Waals surface area contributed by atoms with Crippen LogP contribution in [0.1, 0.15) is 98.7 Å². The molecule has 7 heterocycles. The maximum atomic E-state index is 14.2. The number of methoxy groups -OCH3 is 3. The largest absolute Gasteiger partial charge is 0.497 e. The fourth-order valence-corrected chi connectivity index (χ4v) is 12.2. The molecular formula is C49H55N5O7. The smallest absolute Gasteiger partial charge is 0.339 e. The molecule has 0 aliphatic carbocycles. The van der Waals surface area contributed by atoms with Gasteiger partial charge in [-0.1, -0.05) is 62.4 Å². The number of rotatable bonds is 8. The number of nitrogens with zero attached hydrogens (tertiary/aromatic N) is 4. The van der Waals surface area contributed by atoms with Crippen molar-refractivity contribution in [1.82, 2.24) is 19.3 Å². The molecule has 0 spiro atoms. The molecule has 3 aromatic carbocycles. The number of ether oxygens (including phenoxy) is 3. The molecule has 0 unspecified atom stereocenters. The number of para-hydroxylation sites is 2. The standard InChI is InChI=1S/C49H55N5O7/c1-6-48-20-12-22-51(57)46(48)53-39-16-10-8-14-31(39)33(42(53)35(27-48)44(55)60-4)26-38-34(25-29-24-30(59-3)18-19-37(29)50-38)41-32-15-9-11-17-40(32)54-43(41)36(45(56)61-5)28-49(7-2)21-13-23-52(58)47(49)54/h8-11,14-19,24,27-28,34,38,46-47,50,57-58H,6-7,12-13,20-23,25-26H2,1-5H3/t34-,38+,46+,47+,48-,49-/m0/s1. The lowest BCUT2D eigenvalue weighted by molar-refractivity contribution is -0.203. The summed E-state index contributed by atoms with van der Waals surface area (Å²) in [7, 11) is 4.55. The minimum Gasteiger partial charge on any atom is -0.497 e. The average Bonchev–Trinajstić information content (AvgIpc) is 3.80. The molecule has 2 fully saturated rings. The zero-order valence-corrected chi connectivity index (χ0v) is 35.6. The lowest BCUT2D eigenvalue weighted by Crippen LogP contribution is -2.49. The van der Waals surface area contributed by atoms with Crippen molar-refractivity contribution < 1.29 is 34.2 Å². The predicted octanol–water partition coefficient (Wildman–Crippen LogP) is 8.87. The summed E-state index contributed by atoms with van der Waals surface area (Å²) in [6.07, 6.45) is 9.17. The van der Waals surface area contributed by atoms with Gasteiger partial charge in [-0.2, -0.15) is 10.1 Å². The molecule has 12 heteroatoms. The van der Waals surface area contributed by atoms with Gasteiger partial charge in [0.1, 0.15) is 18.1 Å². The van der Waals surface area contributed by atoms with Gasteiger partial charge in [-0.3, -0.25) is 0 Å². The van der Waals surface area contributed by atoms with Gasteiger partial charge >= 0.3 is 11.9 Å². The monoisotopic (exact) mass is 825 g/mol. The average molecular weight is 826 g/mol. The Labute approximate surface area is 355 Å². The molecule has 2 aromatic heterocycles. The Hall–Kier alpha value is -5.40. The first kappa shape index (κ1) is 39.7. The summed E-state index contributed by atoms with van der Waals surface area (Å²) in [5.41, 5.74) is 7.50. The third kappa shape index (κ3) is 5.78. The van der Waals surface area contributed by atoms with Crippen LogP contribution in [-0.2, 0) is 31.9 Å². The molecule has 61 heavy (non-hydrogen) atoms. The lowest BCUT2D eigenvalue weighted by Gasteiger charge is -2.50. The van der Waals surface area contributed by atoms with Gasteiger partial charge in [-0.05, 0) is 98.4 Å². The normalized spacial score (nSPS) is 27.1. The van der Waals surface area contributed by atoms with Crippen molar-refractivity contribution in [2.24, 2.45) is 10.8 Å². The number of hydroxylamine groups is 4. The van der Waals surface area contributed by atoms with Gasteiger partial charge in [0.15, 0.2) is 0 Å². The fraction of sp³-hybridized carbons (Fsp3) is 0.429. The maximum absolute atomic E-state index is 14.2. The molecule has 0 saturated carbocycles. The minimum absolute atomic E-state index is 0.221. The van der Waals surface area contributed by atoms with E-state index in [2.05, 4.69) is 76.8 Å². The van der Waals surface area contributed by atoms with Gasteiger partial charge in [0.05, 0.1) is 54.9 Å². The first-order chi connectivity index (χ1) is 29.6. The SMILES string of the molecule is CC[C@]12C=C(C(=O)OC)c3c(C[C@H]4Nc5ccc(OC)cc5C[C@@H]4c4c5n(c6ccccc46)[C@H]4N(O)CCC[C@@]4(CC)C=C5C(=O)OC)c4ccccc4n3[C@H]1N(O)CCC2. The Morgan fingerprint density at radius 2 is 1.31 bits per heavy atom.